The molecule has 6 heteroatoms. The van der Waals surface area contributed by atoms with Crippen LogP contribution in [0.25, 0.3) is 0 Å². The van der Waals surface area contributed by atoms with E-state index in [2.05, 4.69) is 15.3 Å². The number of rotatable bonds is 1. The molecule has 6 nitrogen and oxygen atoms in total. The van der Waals surface area contributed by atoms with Crippen molar-refractivity contribution in [1.82, 2.24) is 20.2 Å². The third-order valence-corrected chi connectivity index (χ3v) is 2.69. The molecule has 1 atom stereocenters. The Morgan fingerprint density at radius 2 is 2.31 bits per heavy atom. The summed E-state index contributed by atoms with van der Waals surface area (Å²) in [4.78, 5) is 21.8. The average Bonchev–Trinajstić information content (AvgIpc) is 2.29. The Morgan fingerprint density at radius 1 is 1.56 bits per heavy atom. The van der Waals surface area contributed by atoms with Gasteiger partial charge >= 0.3 is 0 Å². The van der Waals surface area contributed by atoms with E-state index in [1.54, 1.807) is 4.90 Å². The van der Waals surface area contributed by atoms with Crippen LogP contribution in [0.3, 0.4) is 0 Å². The van der Waals surface area contributed by atoms with Gasteiger partial charge in [0.05, 0.1) is 0 Å². The first-order valence-corrected chi connectivity index (χ1v) is 5.28. The summed E-state index contributed by atoms with van der Waals surface area (Å²) in [5.41, 5.74) is 5.88. The number of amides is 1. The zero-order chi connectivity index (χ0) is 11.5. The van der Waals surface area contributed by atoms with Crippen LogP contribution in [-0.4, -0.2) is 46.5 Å². The molecule has 3 N–H and O–H groups in total. The van der Waals surface area contributed by atoms with Crippen LogP contribution in [0.2, 0.25) is 0 Å². The lowest BCUT2D eigenvalue weighted by molar-refractivity contribution is 0.0650. The number of carbonyl (C=O) groups is 1. The molecular formula is C10H15N5O. The van der Waals surface area contributed by atoms with Gasteiger partial charge < -0.3 is 16.0 Å². The molecule has 1 aromatic heterocycles. The standard InChI is InChI=1S/C10H15N5O/c1-7-6-12-4-5-15(7)10(16)8-9(11)14-3-2-13-8/h2-3,7,12H,4-6H2,1H3,(H2,11,14)/t7-/m1/s1. The molecule has 2 rings (SSSR count). The first-order chi connectivity index (χ1) is 7.70. The molecule has 16 heavy (non-hydrogen) atoms. The molecule has 1 aliphatic rings. The van der Waals surface area contributed by atoms with E-state index >= 15 is 0 Å². The summed E-state index contributed by atoms with van der Waals surface area (Å²) < 4.78 is 0. The molecule has 1 aliphatic heterocycles. The van der Waals surface area contributed by atoms with Crippen LogP contribution < -0.4 is 11.1 Å². The van der Waals surface area contributed by atoms with Crippen LogP contribution in [0.15, 0.2) is 12.4 Å². The molecule has 1 fully saturated rings. The van der Waals surface area contributed by atoms with Gasteiger partial charge in [0.1, 0.15) is 0 Å². The Kier molecular flexibility index (Phi) is 3.00. The van der Waals surface area contributed by atoms with Crippen molar-refractivity contribution >= 4 is 11.7 Å². The first kappa shape index (κ1) is 10.8. The van der Waals surface area contributed by atoms with Crippen LogP contribution >= 0.6 is 0 Å². The molecule has 1 amide bonds. The lowest BCUT2D eigenvalue weighted by Gasteiger charge is -2.33. The molecular weight excluding hydrogens is 206 g/mol. The SMILES string of the molecule is C[C@@H]1CNCCN1C(=O)c1nccnc1N. The van der Waals surface area contributed by atoms with Gasteiger partial charge in [-0.25, -0.2) is 9.97 Å². The van der Waals surface area contributed by atoms with E-state index in [1.165, 1.54) is 12.4 Å². The van der Waals surface area contributed by atoms with E-state index in [0.29, 0.717) is 6.54 Å². The molecule has 1 saturated heterocycles. The number of nitrogens with zero attached hydrogens (tertiary/aromatic N) is 3. The fourth-order valence-corrected chi connectivity index (χ4v) is 1.79. The summed E-state index contributed by atoms with van der Waals surface area (Å²) in [6.07, 6.45) is 2.96. The normalized spacial score (nSPS) is 20.8. The largest absolute Gasteiger partial charge is 0.382 e. The predicted octanol–water partition coefficient (Wildman–Crippen LogP) is -0.507. The van der Waals surface area contributed by atoms with Crippen LogP contribution in [0.1, 0.15) is 17.4 Å². The smallest absolute Gasteiger partial charge is 0.276 e. The van der Waals surface area contributed by atoms with Gasteiger partial charge in [-0.15, -0.1) is 0 Å². The van der Waals surface area contributed by atoms with Crippen molar-refractivity contribution in [3.05, 3.63) is 18.1 Å². The van der Waals surface area contributed by atoms with Crippen molar-refractivity contribution in [2.45, 2.75) is 13.0 Å². The highest BCUT2D eigenvalue weighted by molar-refractivity contribution is 5.96. The maximum atomic E-state index is 12.1. The van der Waals surface area contributed by atoms with E-state index in [-0.39, 0.29) is 23.5 Å². The van der Waals surface area contributed by atoms with Crippen molar-refractivity contribution < 1.29 is 4.79 Å². The summed E-state index contributed by atoms with van der Waals surface area (Å²) in [5, 5.41) is 3.22. The van der Waals surface area contributed by atoms with Gasteiger partial charge in [-0.2, -0.15) is 0 Å². The summed E-state index contributed by atoms with van der Waals surface area (Å²) in [5.74, 6) is 0.0535. The summed E-state index contributed by atoms with van der Waals surface area (Å²) in [6, 6.07) is 0.155. The molecule has 0 spiro atoms. The third-order valence-electron chi connectivity index (χ3n) is 2.69. The fraction of sp³-hybridized carbons (Fsp3) is 0.500. The maximum Gasteiger partial charge on any atom is 0.276 e. The van der Waals surface area contributed by atoms with Gasteiger partial charge in [-0.3, -0.25) is 4.79 Å². The lowest BCUT2D eigenvalue weighted by atomic mass is 10.2. The van der Waals surface area contributed by atoms with Crippen molar-refractivity contribution in [1.29, 1.82) is 0 Å². The molecule has 0 aromatic carbocycles. The van der Waals surface area contributed by atoms with Gasteiger partial charge in [0.2, 0.25) is 0 Å². The highest BCUT2D eigenvalue weighted by Gasteiger charge is 2.26. The third kappa shape index (κ3) is 1.96. The summed E-state index contributed by atoms with van der Waals surface area (Å²) in [6.45, 7) is 4.27. The second-order valence-electron chi connectivity index (χ2n) is 3.84. The van der Waals surface area contributed by atoms with E-state index in [0.717, 1.165) is 13.1 Å². The Bertz CT molecular complexity index is 395. The van der Waals surface area contributed by atoms with Gasteiger partial charge in [0, 0.05) is 38.1 Å². The Balaban J connectivity index is 2.21. The molecule has 1 aromatic rings. The molecule has 0 unspecified atom stereocenters. The Hall–Kier alpha value is -1.69. The number of aromatic nitrogens is 2. The number of carbonyl (C=O) groups excluding carboxylic acids is 1. The van der Waals surface area contributed by atoms with Crippen LogP contribution in [0.5, 0.6) is 0 Å². The monoisotopic (exact) mass is 221 g/mol. The second kappa shape index (κ2) is 4.44. The van der Waals surface area contributed by atoms with Crippen LogP contribution in [-0.2, 0) is 0 Å². The quantitative estimate of drug-likeness (QED) is 0.667. The molecule has 0 saturated carbocycles. The fourth-order valence-electron chi connectivity index (χ4n) is 1.79. The summed E-state index contributed by atoms with van der Waals surface area (Å²) >= 11 is 0. The number of piperazine rings is 1. The second-order valence-corrected chi connectivity index (χ2v) is 3.84. The Labute approximate surface area is 93.9 Å². The zero-order valence-electron chi connectivity index (χ0n) is 9.18. The number of nitrogens with two attached hydrogens (primary N) is 1. The molecule has 86 valence electrons. The molecule has 0 aliphatic carbocycles. The van der Waals surface area contributed by atoms with Gasteiger partial charge in [0.15, 0.2) is 11.5 Å². The highest BCUT2D eigenvalue weighted by Crippen LogP contribution is 2.11. The topological polar surface area (TPSA) is 84.1 Å². The minimum atomic E-state index is -0.139. The first-order valence-electron chi connectivity index (χ1n) is 5.28. The average molecular weight is 221 g/mol. The van der Waals surface area contributed by atoms with Crippen molar-refractivity contribution in [2.24, 2.45) is 0 Å². The zero-order valence-corrected chi connectivity index (χ0v) is 9.18. The minimum Gasteiger partial charge on any atom is -0.382 e. The van der Waals surface area contributed by atoms with Crippen LogP contribution in [0.4, 0.5) is 5.82 Å². The van der Waals surface area contributed by atoms with Gasteiger partial charge in [-0.05, 0) is 6.92 Å². The minimum absolute atomic E-state index is 0.139. The van der Waals surface area contributed by atoms with Crippen molar-refractivity contribution in [3.63, 3.8) is 0 Å². The van der Waals surface area contributed by atoms with Gasteiger partial charge in [-0.1, -0.05) is 0 Å². The number of nitrogens with one attached hydrogen (secondary N) is 1. The number of anilines is 1. The van der Waals surface area contributed by atoms with E-state index in [1.807, 2.05) is 6.92 Å². The van der Waals surface area contributed by atoms with Crippen LogP contribution in [0, 0.1) is 0 Å². The molecule has 2 heterocycles. The van der Waals surface area contributed by atoms with E-state index in [9.17, 15) is 4.79 Å². The number of nitrogen functional groups attached to an aromatic ring is 1. The molecule has 0 radical (unpaired) electrons. The highest BCUT2D eigenvalue weighted by atomic mass is 16.2. The van der Waals surface area contributed by atoms with E-state index < -0.39 is 0 Å². The van der Waals surface area contributed by atoms with E-state index in [4.69, 9.17) is 5.73 Å². The predicted molar refractivity (Wildman–Crippen MR) is 59.8 cm³/mol. The Morgan fingerprint density at radius 3 is 3.00 bits per heavy atom. The molecule has 0 bridgehead atoms. The number of hydrogen-bond donors (Lipinski definition) is 2. The van der Waals surface area contributed by atoms with Gasteiger partial charge in [0.25, 0.3) is 5.91 Å². The maximum absolute atomic E-state index is 12.1. The number of hydrogen-bond acceptors (Lipinski definition) is 5. The lowest BCUT2D eigenvalue weighted by Crippen LogP contribution is -2.52. The van der Waals surface area contributed by atoms with Crippen molar-refractivity contribution in [2.75, 3.05) is 25.4 Å². The summed E-state index contributed by atoms with van der Waals surface area (Å²) in [7, 11) is 0. The van der Waals surface area contributed by atoms with Crippen molar-refractivity contribution in [3.8, 4) is 0 Å².